The Kier molecular flexibility index (Phi) is 3.91. The van der Waals surface area contributed by atoms with Crippen LogP contribution in [-0.4, -0.2) is 4.57 Å². The first-order valence-electron chi connectivity index (χ1n) is 11.4. The molecule has 0 radical (unpaired) electrons. The van der Waals surface area contributed by atoms with Crippen LogP contribution >= 0.6 is 0 Å². The van der Waals surface area contributed by atoms with E-state index in [1.165, 1.54) is 60.2 Å². The molecule has 1 heteroatoms. The Labute approximate surface area is 192 Å². The van der Waals surface area contributed by atoms with Crippen molar-refractivity contribution in [2.45, 2.75) is 0 Å². The van der Waals surface area contributed by atoms with Crippen LogP contribution in [0.1, 0.15) is 0 Å². The third-order valence-electron chi connectivity index (χ3n) is 6.77. The molecule has 0 aliphatic rings. The van der Waals surface area contributed by atoms with Crippen LogP contribution in [0.4, 0.5) is 0 Å². The molecule has 7 aromatic rings. The number of aromatic nitrogens is 1. The predicted octanol–water partition coefficient (Wildman–Crippen LogP) is 8.76. The minimum atomic E-state index is 1.19. The van der Waals surface area contributed by atoms with Gasteiger partial charge in [-0.1, -0.05) is 103 Å². The Morgan fingerprint density at radius 2 is 1.00 bits per heavy atom. The molecule has 1 nitrogen and oxygen atoms in total. The fourth-order valence-corrected chi connectivity index (χ4v) is 5.29. The summed E-state index contributed by atoms with van der Waals surface area (Å²) in [7, 11) is 0. The minimum Gasteiger partial charge on any atom is -0.309 e. The van der Waals surface area contributed by atoms with E-state index in [9.17, 15) is 0 Å². The zero-order chi connectivity index (χ0) is 21.8. The molecule has 6 aromatic carbocycles. The van der Waals surface area contributed by atoms with Gasteiger partial charge in [-0.2, -0.15) is 0 Å². The van der Waals surface area contributed by atoms with Gasteiger partial charge in [0.2, 0.25) is 0 Å². The maximum Gasteiger partial charge on any atom is 0.0541 e. The smallest absolute Gasteiger partial charge is 0.0541 e. The first kappa shape index (κ1) is 18.2. The Morgan fingerprint density at radius 3 is 1.73 bits per heavy atom. The highest BCUT2D eigenvalue weighted by Gasteiger charge is 2.15. The van der Waals surface area contributed by atoms with E-state index in [1.807, 2.05) is 0 Å². The van der Waals surface area contributed by atoms with Gasteiger partial charge in [0.25, 0.3) is 0 Å². The SMILES string of the molecule is c1ccc(-c2cc(-n3c4ccccc4c4ccccc43)cc3c2ccc2ccccc23)cc1. The van der Waals surface area contributed by atoms with Crippen molar-refractivity contribution < 1.29 is 0 Å². The second-order valence-electron chi connectivity index (χ2n) is 8.61. The number of hydrogen-bond donors (Lipinski definition) is 0. The molecule has 0 aliphatic heterocycles. The maximum absolute atomic E-state index is 2.42. The Balaban J connectivity index is 1.67. The highest BCUT2D eigenvalue weighted by Crippen LogP contribution is 2.38. The van der Waals surface area contributed by atoms with Crippen LogP contribution in [0.25, 0.3) is 60.2 Å². The molecular weight excluding hydrogens is 398 g/mol. The van der Waals surface area contributed by atoms with E-state index in [4.69, 9.17) is 0 Å². The minimum absolute atomic E-state index is 1.19. The second kappa shape index (κ2) is 7.08. The van der Waals surface area contributed by atoms with Gasteiger partial charge in [0.05, 0.1) is 11.0 Å². The van der Waals surface area contributed by atoms with Crippen molar-refractivity contribution in [2.75, 3.05) is 0 Å². The van der Waals surface area contributed by atoms with Gasteiger partial charge in [-0.25, -0.2) is 0 Å². The molecule has 33 heavy (non-hydrogen) atoms. The van der Waals surface area contributed by atoms with E-state index in [2.05, 4.69) is 132 Å². The van der Waals surface area contributed by atoms with Crippen molar-refractivity contribution in [2.24, 2.45) is 0 Å². The zero-order valence-electron chi connectivity index (χ0n) is 18.1. The van der Waals surface area contributed by atoms with Crippen LogP contribution in [0, 0.1) is 0 Å². The molecule has 1 aromatic heterocycles. The van der Waals surface area contributed by atoms with Crippen molar-refractivity contribution in [3.8, 4) is 16.8 Å². The third kappa shape index (κ3) is 2.73. The van der Waals surface area contributed by atoms with Gasteiger partial charge in [0.15, 0.2) is 0 Å². The summed E-state index contributed by atoms with van der Waals surface area (Å²) < 4.78 is 2.42. The van der Waals surface area contributed by atoms with E-state index in [0.29, 0.717) is 0 Å². The Morgan fingerprint density at radius 1 is 0.394 bits per heavy atom. The van der Waals surface area contributed by atoms with E-state index < -0.39 is 0 Å². The van der Waals surface area contributed by atoms with Crippen LogP contribution < -0.4 is 0 Å². The summed E-state index contributed by atoms with van der Waals surface area (Å²) in [6, 6.07) is 46.1. The molecule has 154 valence electrons. The summed E-state index contributed by atoms with van der Waals surface area (Å²) in [4.78, 5) is 0. The Hall–Kier alpha value is -4.36. The van der Waals surface area contributed by atoms with E-state index in [1.54, 1.807) is 0 Å². The highest BCUT2D eigenvalue weighted by atomic mass is 15.0. The average Bonchev–Trinajstić information content (AvgIpc) is 3.23. The molecule has 0 spiro atoms. The van der Waals surface area contributed by atoms with Crippen molar-refractivity contribution >= 4 is 43.4 Å². The number of rotatable bonds is 2. The zero-order valence-corrected chi connectivity index (χ0v) is 18.1. The summed E-state index contributed by atoms with van der Waals surface area (Å²) in [6.07, 6.45) is 0. The van der Waals surface area contributed by atoms with Gasteiger partial charge in [0, 0.05) is 16.5 Å². The van der Waals surface area contributed by atoms with Crippen LogP contribution in [0.2, 0.25) is 0 Å². The lowest BCUT2D eigenvalue weighted by Crippen LogP contribution is -1.96. The first-order chi connectivity index (χ1) is 16.4. The molecular formula is C32H21N. The Bertz CT molecular complexity index is 1750. The number of para-hydroxylation sites is 2. The lowest BCUT2D eigenvalue weighted by Gasteiger charge is -2.15. The summed E-state index contributed by atoms with van der Waals surface area (Å²) in [5.41, 5.74) is 6.15. The van der Waals surface area contributed by atoms with Gasteiger partial charge in [-0.15, -0.1) is 0 Å². The molecule has 0 saturated heterocycles. The van der Waals surface area contributed by atoms with Gasteiger partial charge in [-0.05, 0) is 56.9 Å². The van der Waals surface area contributed by atoms with Crippen molar-refractivity contribution in [3.63, 3.8) is 0 Å². The van der Waals surface area contributed by atoms with Crippen molar-refractivity contribution in [1.82, 2.24) is 4.57 Å². The summed E-state index contributed by atoms with van der Waals surface area (Å²) in [5.74, 6) is 0. The maximum atomic E-state index is 2.42. The molecule has 0 N–H and O–H groups in total. The van der Waals surface area contributed by atoms with Crippen LogP contribution in [0.3, 0.4) is 0 Å². The summed E-state index contributed by atoms with van der Waals surface area (Å²) >= 11 is 0. The fourth-order valence-electron chi connectivity index (χ4n) is 5.29. The van der Waals surface area contributed by atoms with Gasteiger partial charge >= 0.3 is 0 Å². The normalized spacial score (nSPS) is 11.6. The van der Waals surface area contributed by atoms with Gasteiger partial charge in [-0.3, -0.25) is 0 Å². The molecule has 0 atom stereocenters. The summed E-state index contributed by atoms with van der Waals surface area (Å²) in [5, 5.41) is 7.69. The predicted molar refractivity (Wildman–Crippen MR) is 141 cm³/mol. The standard InChI is InChI=1S/C32H21N/c1-2-10-22(11-3-1)29-20-24(21-30-25-13-5-4-12-23(25)18-19-26(29)30)33-31-16-8-6-14-27(31)28-15-7-9-17-32(28)33/h1-21H. The van der Waals surface area contributed by atoms with Crippen LogP contribution in [0.5, 0.6) is 0 Å². The van der Waals surface area contributed by atoms with Crippen LogP contribution in [0.15, 0.2) is 127 Å². The largest absolute Gasteiger partial charge is 0.309 e. The quantitative estimate of drug-likeness (QED) is 0.247. The lowest BCUT2D eigenvalue weighted by atomic mass is 9.94. The van der Waals surface area contributed by atoms with Crippen molar-refractivity contribution in [1.29, 1.82) is 0 Å². The topological polar surface area (TPSA) is 4.93 Å². The lowest BCUT2D eigenvalue weighted by molar-refractivity contribution is 1.19. The average molecular weight is 420 g/mol. The van der Waals surface area contributed by atoms with E-state index in [-0.39, 0.29) is 0 Å². The molecule has 7 rings (SSSR count). The molecule has 0 fully saturated rings. The summed E-state index contributed by atoms with van der Waals surface area (Å²) in [6.45, 7) is 0. The molecule has 0 saturated carbocycles. The third-order valence-corrected chi connectivity index (χ3v) is 6.77. The van der Waals surface area contributed by atoms with E-state index in [0.717, 1.165) is 0 Å². The number of fused-ring (bicyclic) bond motifs is 6. The molecule has 1 heterocycles. The molecule has 0 amide bonds. The van der Waals surface area contributed by atoms with Crippen molar-refractivity contribution in [3.05, 3.63) is 127 Å². The highest BCUT2D eigenvalue weighted by molar-refractivity contribution is 6.14. The number of nitrogens with zero attached hydrogens (tertiary/aromatic N) is 1. The first-order valence-corrected chi connectivity index (χ1v) is 11.4. The van der Waals surface area contributed by atoms with E-state index >= 15 is 0 Å². The monoisotopic (exact) mass is 419 g/mol. The second-order valence-corrected chi connectivity index (χ2v) is 8.61. The van der Waals surface area contributed by atoms with Crippen LogP contribution in [-0.2, 0) is 0 Å². The fraction of sp³-hybridized carbons (Fsp3) is 0. The number of hydrogen-bond acceptors (Lipinski definition) is 0. The molecule has 0 bridgehead atoms. The molecule has 0 aliphatic carbocycles. The molecule has 0 unspecified atom stereocenters. The number of benzene rings is 6. The van der Waals surface area contributed by atoms with Gasteiger partial charge < -0.3 is 4.57 Å². The van der Waals surface area contributed by atoms with Gasteiger partial charge in [0.1, 0.15) is 0 Å².